The molecule has 34 heavy (non-hydrogen) atoms. The highest BCUT2D eigenvalue weighted by Gasteiger charge is 2.17. The van der Waals surface area contributed by atoms with E-state index in [1.165, 1.54) is 37.1 Å². The third kappa shape index (κ3) is 6.14. The fourth-order valence-corrected chi connectivity index (χ4v) is 5.30. The normalized spacial score (nSPS) is 14.8. The van der Waals surface area contributed by atoms with E-state index in [0.717, 1.165) is 36.5 Å². The molecule has 1 saturated carbocycles. The van der Waals surface area contributed by atoms with Crippen LogP contribution in [0.2, 0.25) is 0 Å². The Labute approximate surface area is 200 Å². The minimum Gasteiger partial charge on any atom is -0.352 e. The van der Waals surface area contributed by atoms with Gasteiger partial charge in [0.15, 0.2) is 0 Å². The van der Waals surface area contributed by atoms with Gasteiger partial charge in [-0.3, -0.25) is 14.3 Å². The number of hydrogen-bond acceptors (Lipinski definition) is 4. The van der Waals surface area contributed by atoms with Crippen molar-refractivity contribution < 1.29 is 18.0 Å². The number of benzene rings is 3. The first-order valence-electron chi connectivity index (χ1n) is 11.6. The lowest BCUT2D eigenvalue weighted by atomic mass is 10.1. The molecule has 1 fully saturated rings. The molecule has 3 N–H and O–H groups in total. The van der Waals surface area contributed by atoms with Gasteiger partial charge in [-0.05, 0) is 60.0 Å². The highest BCUT2D eigenvalue weighted by molar-refractivity contribution is 7.92. The molecule has 0 radical (unpaired) electrons. The van der Waals surface area contributed by atoms with Crippen LogP contribution in [0.1, 0.15) is 48.9 Å². The van der Waals surface area contributed by atoms with Crippen molar-refractivity contribution in [2.24, 2.45) is 0 Å². The van der Waals surface area contributed by atoms with Gasteiger partial charge in [-0.25, -0.2) is 8.42 Å². The van der Waals surface area contributed by atoms with Crippen molar-refractivity contribution in [3.05, 3.63) is 72.3 Å². The van der Waals surface area contributed by atoms with E-state index in [4.69, 9.17) is 0 Å². The van der Waals surface area contributed by atoms with Gasteiger partial charge in [0.1, 0.15) is 0 Å². The number of sulfonamides is 1. The van der Waals surface area contributed by atoms with Crippen LogP contribution < -0.4 is 15.4 Å². The fraction of sp³-hybridized carbons (Fsp3) is 0.308. The molecular weight excluding hydrogens is 450 g/mol. The standard InChI is InChI=1S/C26H29N3O4S/c30-25(28-22-9-3-1-2-4-10-22)18-27-26(31)20-11-14-23(15-12-20)29-34(32,33)24-16-13-19-7-5-6-8-21(19)17-24/h5-8,11-17,22,29H,1-4,9-10,18H2,(H,27,31)(H,28,30). The van der Waals surface area contributed by atoms with Crippen LogP contribution in [0.4, 0.5) is 5.69 Å². The van der Waals surface area contributed by atoms with E-state index < -0.39 is 10.0 Å². The number of amides is 2. The van der Waals surface area contributed by atoms with E-state index in [2.05, 4.69) is 15.4 Å². The molecule has 7 nitrogen and oxygen atoms in total. The van der Waals surface area contributed by atoms with Crippen molar-refractivity contribution in [3.63, 3.8) is 0 Å². The first-order chi connectivity index (χ1) is 16.4. The van der Waals surface area contributed by atoms with E-state index >= 15 is 0 Å². The molecule has 2 amide bonds. The molecule has 1 aliphatic rings. The molecular formula is C26H29N3O4S. The van der Waals surface area contributed by atoms with E-state index in [-0.39, 0.29) is 29.3 Å². The molecule has 0 aromatic heterocycles. The summed E-state index contributed by atoms with van der Waals surface area (Å²) in [5.41, 5.74) is 0.687. The van der Waals surface area contributed by atoms with Gasteiger partial charge in [-0.1, -0.05) is 56.0 Å². The molecule has 4 rings (SSSR count). The SMILES string of the molecule is O=C(CNC(=O)c1ccc(NS(=O)(=O)c2ccc3ccccc3c2)cc1)NC1CCCCCC1. The molecule has 1 aliphatic carbocycles. The molecule has 0 saturated heterocycles. The Kier molecular flexibility index (Phi) is 7.47. The summed E-state index contributed by atoms with van der Waals surface area (Å²) in [6, 6.07) is 18.8. The molecule has 3 aromatic carbocycles. The highest BCUT2D eigenvalue weighted by Crippen LogP contribution is 2.22. The van der Waals surface area contributed by atoms with Crippen LogP contribution in [0.3, 0.4) is 0 Å². The number of fused-ring (bicyclic) bond motifs is 1. The second-order valence-corrected chi connectivity index (χ2v) is 10.3. The van der Waals surface area contributed by atoms with Crippen LogP contribution in [0.5, 0.6) is 0 Å². The maximum atomic E-state index is 12.8. The van der Waals surface area contributed by atoms with Crippen molar-refractivity contribution in [2.75, 3.05) is 11.3 Å². The van der Waals surface area contributed by atoms with E-state index in [9.17, 15) is 18.0 Å². The molecule has 0 bridgehead atoms. The smallest absolute Gasteiger partial charge is 0.261 e. The first kappa shape index (κ1) is 23.8. The summed E-state index contributed by atoms with van der Waals surface area (Å²) in [4.78, 5) is 24.8. The van der Waals surface area contributed by atoms with Gasteiger partial charge >= 0.3 is 0 Å². The molecule has 0 atom stereocenters. The first-order valence-corrected chi connectivity index (χ1v) is 13.1. The monoisotopic (exact) mass is 479 g/mol. The Bertz CT molecular complexity index is 1260. The van der Waals surface area contributed by atoms with Crippen molar-refractivity contribution in [2.45, 2.75) is 49.5 Å². The van der Waals surface area contributed by atoms with Gasteiger partial charge in [0.2, 0.25) is 5.91 Å². The Morgan fingerprint density at radius 1 is 0.824 bits per heavy atom. The average molecular weight is 480 g/mol. The van der Waals surface area contributed by atoms with Crippen molar-refractivity contribution in [1.82, 2.24) is 10.6 Å². The van der Waals surface area contributed by atoms with Gasteiger partial charge in [-0.15, -0.1) is 0 Å². The Hall–Kier alpha value is -3.39. The van der Waals surface area contributed by atoms with Gasteiger partial charge < -0.3 is 10.6 Å². The fourth-order valence-electron chi connectivity index (χ4n) is 4.20. The zero-order valence-electron chi connectivity index (χ0n) is 18.9. The lowest BCUT2D eigenvalue weighted by Gasteiger charge is -2.16. The van der Waals surface area contributed by atoms with E-state index in [1.54, 1.807) is 18.2 Å². The minimum atomic E-state index is -3.78. The third-order valence-electron chi connectivity index (χ3n) is 6.06. The topological polar surface area (TPSA) is 104 Å². The van der Waals surface area contributed by atoms with Gasteiger partial charge in [-0.2, -0.15) is 0 Å². The average Bonchev–Trinajstić information content (AvgIpc) is 3.11. The molecule has 0 aliphatic heterocycles. The molecule has 178 valence electrons. The predicted octanol–water partition coefficient (Wildman–Crippen LogP) is 4.21. The maximum Gasteiger partial charge on any atom is 0.261 e. The zero-order chi connectivity index (χ0) is 24.0. The number of hydrogen-bond donors (Lipinski definition) is 3. The van der Waals surface area contributed by atoms with E-state index in [0.29, 0.717) is 11.3 Å². The molecule has 0 spiro atoms. The summed E-state index contributed by atoms with van der Waals surface area (Å²) in [5.74, 6) is -0.583. The highest BCUT2D eigenvalue weighted by atomic mass is 32.2. The van der Waals surface area contributed by atoms with Crippen LogP contribution in [-0.2, 0) is 14.8 Å². The van der Waals surface area contributed by atoms with Gasteiger partial charge in [0.25, 0.3) is 15.9 Å². The van der Waals surface area contributed by atoms with E-state index in [1.807, 2.05) is 24.3 Å². The second kappa shape index (κ2) is 10.7. The van der Waals surface area contributed by atoms with Crippen LogP contribution >= 0.6 is 0 Å². The summed E-state index contributed by atoms with van der Waals surface area (Å²) >= 11 is 0. The molecule has 0 unspecified atom stereocenters. The summed E-state index contributed by atoms with van der Waals surface area (Å²) in [5, 5.41) is 7.41. The zero-order valence-corrected chi connectivity index (χ0v) is 19.7. The number of carbonyl (C=O) groups excluding carboxylic acids is 2. The number of rotatable bonds is 7. The van der Waals surface area contributed by atoms with Crippen molar-refractivity contribution in [1.29, 1.82) is 0 Å². The summed E-state index contributed by atoms with van der Waals surface area (Å²) in [6.45, 7) is -0.0916. The quantitative estimate of drug-likeness (QED) is 0.442. The Morgan fingerprint density at radius 2 is 1.50 bits per heavy atom. The number of nitrogens with one attached hydrogen (secondary N) is 3. The predicted molar refractivity (Wildman–Crippen MR) is 133 cm³/mol. The Balaban J connectivity index is 1.32. The van der Waals surface area contributed by atoms with Crippen molar-refractivity contribution in [3.8, 4) is 0 Å². The van der Waals surface area contributed by atoms with Crippen molar-refractivity contribution >= 4 is 38.3 Å². The minimum absolute atomic E-state index is 0.0916. The number of carbonyl (C=O) groups is 2. The number of anilines is 1. The van der Waals surface area contributed by atoms with Crippen LogP contribution in [0, 0.1) is 0 Å². The second-order valence-electron chi connectivity index (χ2n) is 8.63. The maximum absolute atomic E-state index is 12.8. The molecule has 0 heterocycles. The van der Waals surface area contributed by atoms with Crippen LogP contribution in [0.15, 0.2) is 71.6 Å². The summed E-state index contributed by atoms with van der Waals surface area (Å²) < 4.78 is 28.1. The molecule has 3 aromatic rings. The van der Waals surface area contributed by atoms with Crippen LogP contribution in [0.25, 0.3) is 10.8 Å². The Morgan fingerprint density at radius 3 is 2.21 bits per heavy atom. The largest absolute Gasteiger partial charge is 0.352 e. The molecule has 8 heteroatoms. The lowest BCUT2D eigenvalue weighted by Crippen LogP contribution is -2.41. The van der Waals surface area contributed by atoms with Gasteiger partial charge in [0, 0.05) is 17.3 Å². The lowest BCUT2D eigenvalue weighted by molar-refractivity contribution is -0.120. The summed E-state index contributed by atoms with van der Waals surface area (Å²) in [6.07, 6.45) is 6.62. The van der Waals surface area contributed by atoms with Crippen LogP contribution in [-0.4, -0.2) is 32.8 Å². The van der Waals surface area contributed by atoms with Gasteiger partial charge in [0.05, 0.1) is 11.4 Å². The third-order valence-corrected chi connectivity index (χ3v) is 7.44. The summed E-state index contributed by atoms with van der Waals surface area (Å²) in [7, 11) is -3.78.